The summed E-state index contributed by atoms with van der Waals surface area (Å²) in [5.41, 5.74) is 0. The summed E-state index contributed by atoms with van der Waals surface area (Å²) >= 11 is 0. The predicted octanol–water partition coefficient (Wildman–Crippen LogP) is 0.553. The zero-order valence-electron chi connectivity index (χ0n) is 7.73. The van der Waals surface area contributed by atoms with Gasteiger partial charge in [0.2, 0.25) is 0 Å². The summed E-state index contributed by atoms with van der Waals surface area (Å²) in [5.74, 6) is -1.63. The van der Waals surface area contributed by atoms with Crippen molar-refractivity contribution in [2.75, 3.05) is 20.1 Å². The number of likely N-dealkylation sites (tertiary alicyclic amines) is 1. The summed E-state index contributed by atoms with van der Waals surface area (Å²) in [6.45, 7) is 1.59. The molecule has 0 aromatic heterocycles. The van der Waals surface area contributed by atoms with Crippen molar-refractivity contribution in [2.45, 2.75) is 12.8 Å². The van der Waals surface area contributed by atoms with Crippen LogP contribution >= 0.6 is 0 Å². The van der Waals surface area contributed by atoms with Crippen LogP contribution in [0.4, 0.5) is 0 Å². The maximum Gasteiger partial charge on any atom is 0.307 e. The molecule has 4 nitrogen and oxygen atoms in total. The van der Waals surface area contributed by atoms with E-state index >= 15 is 0 Å². The molecular weight excluding hydrogens is 168 g/mol. The Balaban J connectivity index is 2.68. The molecule has 13 heavy (non-hydrogen) atoms. The van der Waals surface area contributed by atoms with Gasteiger partial charge in [-0.1, -0.05) is 0 Å². The van der Waals surface area contributed by atoms with E-state index in [0.29, 0.717) is 12.8 Å². The number of nitrogens with zero attached hydrogens (tertiary/aromatic N) is 2. The molecular formula is C9H14N2O2. The minimum atomic E-state index is -0.832. The molecule has 0 aliphatic carbocycles. The van der Waals surface area contributed by atoms with Crippen molar-refractivity contribution in [3.8, 4) is 6.07 Å². The molecule has 1 N–H and O–H groups in total. The molecule has 1 rings (SSSR count). The van der Waals surface area contributed by atoms with Crippen molar-refractivity contribution in [1.82, 2.24) is 4.90 Å². The third-order valence-corrected chi connectivity index (χ3v) is 2.61. The number of hydrogen-bond donors (Lipinski definition) is 1. The average Bonchev–Trinajstić information content (AvgIpc) is 2.26. The highest BCUT2D eigenvalue weighted by atomic mass is 16.4. The number of aliphatic carboxylic acids is 1. The van der Waals surface area contributed by atoms with Crippen molar-refractivity contribution in [1.29, 1.82) is 5.26 Å². The van der Waals surface area contributed by atoms with E-state index in [1.165, 1.54) is 0 Å². The third-order valence-electron chi connectivity index (χ3n) is 2.61. The maximum absolute atomic E-state index is 10.8. The van der Waals surface area contributed by atoms with Crippen LogP contribution in [0.25, 0.3) is 0 Å². The lowest BCUT2D eigenvalue weighted by atomic mass is 9.89. The van der Waals surface area contributed by atoms with Gasteiger partial charge in [-0.15, -0.1) is 0 Å². The molecule has 0 amide bonds. The van der Waals surface area contributed by atoms with E-state index in [2.05, 4.69) is 11.0 Å². The number of rotatable bonds is 1. The molecule has 0 unspecified atom stereocenters. The highest BCUT2D eigenvalue weighted by Crippen LogP contribution is 2.23. The second kappa shape index (κ2) is 4.24. The van der Waals surface area contributed by atoms with E-state index in [1.807, 2.05) is 7.05 Å². The van der Waals surface area contributed by atoms with Crippen LogP contribution in [0.1, 0.15) is 12.8 Å². The summed E-state index contributed by atoms with van der Waals surface area (Å²) < 4.78 is 0. The van der Waals surface area contributed by atoms with Crippen molar-refractivity contribution in [3.63, 3.8) is 0 Å². The molecule has 1 saturated heterocycles. The Morgan fingerprint density at radius 3 is 2.69 bits per heavy atom. The molecule has 1 fully saturated rings. The molecule has 0 bridgehead atoms. The normalized spacial score (nSPS) is 30.5. The van der Waals surface area contributed by atoms with Gasteiger partial charge in [0.25, 0.3) is 0 Å². The van der Waals surface area contributed by atoms with Crippen LogP contribution in [-0.2, 0) is 4.79 Å². The van der Waals surface area contributed by atoms with Gasteiger partial charge in [0.1, 0.15) is 0 Å². The van der Waals surface area contributed by atoms with Crippen molar-refractivity contribution >= 4 is 5.97 Å². The van der Waals surface area contributed by atoms with Crippen LogP contribution in [0, 0.1) is 23.2 Å². The Bertz CT molecular complexity index is 234. The molecule has 2 atom stereocenters. The summed E-state index contributed by atoms with van der Waals surface area (Å²) in [7, 11) is 1.96. The molecule has 1 aliphatic heterocycles. The molecule has 1 aliphatic rings. The molecule has 72 valence electrons. The minimum Gasteiger partial charge on any atom is -0.481 e. The largest absolute Gasteiger partial charge is 0.481 e. The summed E-state index contributed by atoms with van der Waals surface area (Å²) in [6.07, 6.45) is 1.26. The highest BCUT2D eigenvalue weighted by molar-refractivity contribution is 5.70. The average molecular weight is 182 g/mol. The van der Waals surface area contributed by atoms with E-state index in [0.717, 1.165) is 13.1 Å². The molecule has 0 spiro atoms. The predicted molar refractivity (Wildman–Crippen MR) is 47.0 cm³/mol. The Kier molecular flexibility index (Phi) is 3.26. The lowest BCUT2D eigenvalue weighted by Gasteiger charge is -2.12. The zero-order chi connectivity index (χ0) is 9.84. The number of carboxylic acid groups (broad SMARTS) is 1. The fourth-order valence-corrected chi connectivity index (χ4v) is 1.68. The molecule has 1 heterocycles. The first-order chi connectivity index (χ1) is 6.15. The van der Waals surface area contributed by atoms with Crippen LogP contribution in [0.3, 0.4) is 0 Å². The van der Waals surface area contributed by atoms with E-state index < -0.39 is 11.9 Å². The van der Waals surface area contributed by atoms with Gasteiger partial charge in [0.15, 0.2) is 0 Å². The van der Waals surface area contributed by atoms with Gasteiger partial charge in [-0.3, -0.25) is 4.79 Å². The Hall–Kier alpha value is -1.08. The Labute approximate surface area is 77.8 Å². The lowest BCUT2D eigenvalue weighted by Crippen LogP contribution is -2.22. The smallest absolute Gasteiger partial charge is 0.307 e. The summed E-state index contributed by atoms with van der Waals surface area (Å²) in [6, 6.07) is 2.09. The number of hydrogen-bond acceptors (Lipinski definition) is 3. The maximum atomic E-state index is 10.8. The van der Waals surface area contributed by atoms with Crippen molar-refractivity contribution in [2.24, 2.45) is 11.8 Å². The van der Waals surface area contributed by atoms with Crippen LogP contribution in [0.2, 0.25) is 0 Å². The topological polar surface area (TPSA) is 64.3 Å². The minimum absolute atomic E-state index is 0.317. The van der Waals surface area contributed by atoms with Crippen LogP contribution in [-0.4, -0.2) is 36.1 Å². The number of nitriles is 1. The van der Waals surface area contributed by atoms with Gasteiger partial charge in [-0.05, 0) is 33.0 Å². The van der Waals surface area contributed by atoms with Crippen LogP contribution in [0.15, 0.2) is 0 Å². The number of carboxylic acids is 1. The summed E-state index contributed by atoms with van der Waals surface area (Å²) in [4.78, 5) is 12.9. The van der Waals surface area contributed by atoms with E-state index in [9.17, 15) is 4.79 Å². The van der Waals surface area contributed by atoms with Crippen LogP contribution in [0.5, 0.6) is 0 Å². The second-order valence-corrected chi connectivity index (χ2v) is 3.56. The first-order valence-electron chi connectivity index (χ1n) is 4.46. The van der Waals surface area contributed by atoms with Crippen molar-refractivity contribution in [3.05, 3.63) is 0 Å². The van der Waals surface area contributed by atoms with E-state index in [-0.39, 0.29) is 5.92 Å². The Morgan fingerprint density at radius 2 is 2.15 bits per heavy atom. The monoisotopic (exact) mass is 182 g/mol. The highest BCUT2D eigenvalue weighted by Gasteiger charge is 2.30. The zero-order valence-corrected chi connectivity index (χ0v) is 7.73. The van der Waals surface area contributed by atoms with Gasteiger partial charge in [0.05, 0.1) is 17.9 Å². The standard InChI is InChI=1S/C9H14N2O2/c1-11-4-2-7(6-10)8(3-5-11)9(12)13/h7-8H,2-5H2,1H3,(H,12,13)/t7-,8-/m1/s1. The summed E-state index contributed by atoms with van der Waals surface area (Å²) in [5, 5.41) is 17.7. The first kappa shape index (κ1) is 10.0. The molecule has 0 saturated carbocycles. The second-order valence-electron chi connectivity index (χ2n) is 3.56. The molecule has 0 aromatic carbocycles. The molecule has 4 heteroatoms. The van der Waals surface area contributed by atoms with E-state index in [4.69, 9.17) is 10.4 Å². The van der Waals surface area contributed by atoms with Crippen molar-refractivity contribution < 1.29 is 9.90 Å². The van der Waals surface area contributed by atoms with Gasteiger partial charge < -0.3 is 10.0 Å². The third kappa shape index (κ3) is 2.43. The quantitative estimate of drug-likeness (QED) is 0.643. The molecule has 0 radical (unpaired) electrons. The van der Waals surface area contributed by atoms with Gasteiger partial charge >= 0.3 is 5.97 Å². The number of carbonyl (C=O) groups is 1. The van der Waals surface area contributed by atoms with Crippen LogP contribution < -0.4 is 0 Å². The van der Waals surface area contributed by atoms with E-state index in [1.54, 1.807) is 0 Å². The Morgan fingerprint density at radius 1 is 1.54 bits per heavy atom. The van der Waals surface area contributed by atoms with Gasteiger partial charge in [-0.2, -0.15) is 5.26 Å². The molecule has 0 aromatic rings. The van der Waals surface area contributed by atoms with Gasteiger partial charge in [-0.25, -0.2) is 0 Å². The fourth-order valence-electron chi connectivity index (χ4n) is 1.68. The van der Waals surface area contributed by atoms with Gasteiger partial charge in [0, 0.05) is 0 Å². The lowest BCUT2D eigenvalue weighted by molar-refractivity contribution is -0.143. The SMILES string of the molecule is CN1CC[C@H](C#N)[C@H](C(=O)O)CC1. The first-order valence-corrected chi connectivity index (χ1v) is 4.46. The fraction of sp³-hybridized carbons (Fsp3) is 0.778.